The fraction of sp³-hybridized carbons (Fsp3) is 0.176. The Balaban J connectivity index is 1.17. The van der Waals surface area contributed by atoms with Crippen LogP contribution in [-0.2, 0) is 0 Å². The lowest BCUT2D eigenvalue weighted by Gasteiger charge is -2.14. The Morgan fingerprint density at radius 1 is 0.622 bits per heavy atom. The van der Waals surface area contributed by atoms with Gasteiger partial charge in [0.1, 0.15) is 11.5 Å². The molecule has 0 fully saturated rings. The Labute approximate surface area is 267 Å². The zero-order chi connectivity index (χ0) is 31.2. The third kappa shape index (κ3) is 7.44. The SMILES string of the molecule is COc1ccc(Nc2nc(Nc3ccc(OC)cc3)nc(Nc3ccc(C4=NSC(c5ccc(N(C)C)cc5)C4)cc3)n2)cc1. The quantitative estimate of drug-likeness (QED) is 0.127. The van der Waals surface area contributed by atoms with E-state index in [9.17, 15) is 0 Å². The predicted molar refractivity (Wildman–Crippen MR) is 184 cm³/mol. The Kier molecular flexibility index (Phi) is 8.97. The number of benzene rings is 4. The molecule has 0 aliphatic carbocycles. The molecule has 4 aromatic carbocycles. The van der Waals surface area contributed by atoms with E-state index in [0.717, 1.165) is 46.3 Å². The lowest BCUT2D eigenvalue weighted by atomic mass is 10.0. The van der Waals surface area contributed by atoms with Crippen molar-refractivity contribution in [3.8, 4) is 11.5 Å². The number of ether oxygens (including phenoxy) is 2. The van der Waals surface area contributed by atoms with E-state index in [2.05, 4.69) is 86.3 Å². The summed E-state index contributed by atoms with van der Waals surface area (Å²) < 4.78 is 15.3. The van der Waals surface area contributed by atoms with Gasteiger partial charge in [0.05, 0.1) is 25.2 Å². The van der Waals surface area contributed by atoms with Gasteiger partial charge in [-0.1, -0.05) is 24.3 Å². The first kappa shape index (κ1) is 29.8. The van der Waals surface area contributed by atoms with Crippen LogP contribution in [0, 0.1) is 0 Å². The summed E-state index contributed by atoms with van der Waals surface area (Å²) in [6, 6.07) is 32.0. The molecule has 1 aromatic heterocycles. The molecule has 0 spiro atoms. The third-order valence-corrected chi connectivity index (χ3v) is 8.27. The molecule has 5 aromatic rings. The number of nitrogens with one attached hydrogen (secondary N) is 3. The highest BCUT2D eigenvalue weighted by molar-refractivity contribution is 7.98. The topological polar surface area (TPSA) is 109 Å². The zero-order valence-corrected chi connectivity index (χ0v) is 26.3. The Morgan fingerprint density at radius 2 is 1.07 bits per heavy atom. The number of hydrogen-bond acceptors (Lipinski definition) is 11. The van der Waals surface area contributed by atoms with Gasteiger partial charge in [0.25, 0.3) is 0 Å². The maximum atomic E-state index is 5.28. The predicted octanol–water partition coefficient (Wildman–Crippen LogP) is 7.77. The minimum absolute atomic E-state index is 0.312. The molecule has 0 bridgehead atoms. The zero-order valence-electron chi connectivity index (χ0n) is 25.5. The monoisotopic (exact) mass is 618 g/mol. The van der Waals surface area contributed by atoms with Crippen LogP contribution >= 0.6 is 11.9 Å². The molecule has 228 valence electrons. The number of anilines is 7. The van der Waals surface area contributed by atoms with Gasteiger partial charge in [0, 0.05) is 43.3 Å². The first-order valence-electron chi connectivity index (χ1n) is 14.4. The number of aromatic nitrogens is 3. The molecule has 11 heteroatoms. The second kappa shape index (κ2) is 13.6. The summed E-state index contributed by atoms with van der Waals surface area (Å²) in [6.07, 6.45) is 0.882. The van der Waals surface area contributed by atoms with Crippen molar-refractivity contribution in [1.82, 2.24) is 15.0 Å². The Morgan fingerprint density at radius 3 is 1.49 bits per heavy atom. The average Bonchev–Trinajstić information content (AvgIpc) is 3.56. The van der Waals surface area contributed by atoms with Crippen LogP contribution in [0.4, 0.5) is 40.6 Å². The van der Waals surface area contributed by atoms with Gasteiger partial charge in [-0.25, -0.2) is 4.40 Å². The molecule has 3 N–H and O–H groups in total. The lowest BCUT2D eigenvalue weighted by molar-refractivity contribution is 0.415. The van der Waals surface area contributed by atoms with Crippen molar-refractivity contribution >= 4 is 58.3 Å². The van der Waals surface area contributed by atoms with E-state index in [0.29, 0.717) is 23.1 Å². The molecule has 2 heterocycles. The molecule has 1 aliphatic rings. The highest BCUT2D eigenvalue weighted by atomic mass is 32.2. The van der Waals surface area contributed by atoms with Gasteiger partial charge < -0.3 is 30.3 Å². The fourth-order valence-electron chi connectivity index (χ4n) is 4.74. The van der Waals surface area contributed by atoms with E-state index in [1.807, 2.05) is 60.7 Å². The molecule has 0 saturated heterocycles. The van der Waals surface area contributed by atoms with E-state index in [1.165, 1.54) is 11.3 Å². The minimum atomic E-state index is 0.312. The summed E-state index contributed by atoms with van der Waals surface area (Å²) in [6.45, 7) is 0. The first-order chi connectivity index (χ1) is 21.9. The minimum Gasteiger partial charge on any atom is -0.497 e. The number of methoxy groups -OCH3 is 2. The molecule has 1 aliphatic heterocycles. The summed E-state index contributed by atoms with van der Waals surface area (Å²) >= 11 is 1.63. The molecule has 1 unspecified atom stereocenters. The molecule has 0 amide bonds. The van der Waals surface area contributed by atoms with Crippen LogP contribution in [0.2, 0.25) is 0 Å². The van der Waals surface area contributed by atoms with Crippen LogP contribution in [0.25, 0.3) is 0 Å². The van der Waals surface area contributed by atoms with Gasteiger partial charge in [-0.15, -0.1) is 0 Å². The Bertz CT molecular complexity index is 1690. The van der Waals surface area contributed by atoms with Crippen molar-refractivity contribution in [2.24, 2.45) is 4.40 Å². The van der Waals surface area contributed by atoms with Gasteiger partial charge in [0.15, 0.2) is 0 Å². The lowest BCUT2D eigenvalue weighted by Crippen LogP contribution is -2.08. The van der Waals surface area contributed by atoms with E-state index in [1.54, 1.807) is 26.2 Å². The van der Waals surface area contributed by atoms with Crippen molar-refractivity contribution in [2.75, 3.05) is 49.2 Å². The van der Waals surface area contributed by atoms with Crippen LogP contribution in [-0.4, -0.2) is 49.0 Å². The summed E-state index contributed by atoms with van der Waals surface area (Å²) in [7, 11) is 7.38. The Hall–Kier alpha value is -5.29. The van der Waals surface area contributed by atoms with E-state index < -0.39 is 0 Å². The maximum Gasteiger partial charge on any atom is 0.233 e. The number of hydrogen-bond donors (Lipinski definition) is 3. The first-order valence-corrected chi connectivity index (χ1v) is 15.2. The number of rotatable bonds is 11. The standard InChI is InChI=1S/C34H34N8O2S/c1-42(2)27-15-7-23(8-16-27)31-21-30(41-45-31)22-5-9-24(10-6-22)35-32-38-33(36-25-11-17-28(43-3)18-12-25)40-34(39-32)37-26-13-19-29(44-4)20-14-26/h5-20,31H,21H2,1-4H3,(H3,35,36,37,38,39,40). The molecule has 1 atom stereocenters. The molecule has 0 radical (unpaired) electrons. The fourth-order valence-corrected chi connectivity index (χ4v) is 5.69. The third-order valence-electron chi connectivity index (χ3n) is 7.25. The maximum absolute atomic E-state index is 5.28. The van der Waals surface area contributed by atoms with Crippen LogP contribution in [0.15, 0.2) is 101 Å². The van der Waals surface area contributed by atoms with Crippen molar-refractivity contribution < 1.29 is 9.47 Å². The molecule has 45 heavy (non-hydrogen) atoms. The van der Waals surface area contributed by atoms with E-state index >= 15 is 0 Å². The van der Waals surface area contributed by atoms with Crippen molar-refractivity contribution in [2.45, 2.75) is 11.7 Å². The van der Waals surface area contributed by atoms with Crippen molar-refractivity contribution in [3.63, 3.8) is 0 Å². The summed E-state index contributed by atoms with van der Waals surface area (Å²) in [4.78, 5) is 16.0. The second-order valence-corrected chi connectivity index (χ2v) is 11.5. The van der Waals surface area contributed by atoms with Crippen LogP contribution in [0.1, 0.15) is 22.8 Å². The number of nitrogens with zero attached hydrogens (tertiary/aromatic N) is 5. The van der Waals surface area contributed by atoms with Gasteiger partial charge in [0.2, 0.25) is 17.8 Å². The molecular weight excluding hydrogens is 584 g/mol. The highest BCUT2D eigenvalue weighted by Crippen LogP contribution is 2.40. The summed E-state index contributed by atoms with van der Waals surface area (Å²) in [5.41, 5.74) is 7.14. The largest absolute Gasteiger partial charge is 0.497 e. The van der Waals surface area contributed by atoms with Crippen LogP contribution in [0.5, 0.6) is 11.5 Å². The van der Waals surface area contributed by atoms with Crippen molar-refractivity contribution in [3.05, 3.63) is 108 Å². The molecule has 6 rings (SSSR count). The van der Waals surface area contributed by atoms with Crippen LogP contribution < -0.4 is 30.3 Å². The van der Waals surface area contributed by atoms with Crippen molar-refractivity contribution in [1.29, 1.82) is 0 Å². The molecular formula is C34H34N8O2S. The summed E-state index contributed by atoms with van der Waals surface area (Å²) in [5, 5.41) is 10.2. The van der Waals surface area contributed by atoms with Gasteiger partial charge in [-0.3, -0.25) is 0 Å². The molecule has 10 nitrogen and oxygen atoms in total. The highest BCUT2D eigenvalue weighted by Gasteiger charge is 2.23. The second-order valence-electron chi connectivity index (χ2n) is 10.5. The van der Waals surface area contributed by atoms with Gasteiger partial charge in [-0.2, -0.15) is 15.0 Å². The van der Waals surface area contributed by atoms with E-state index in [-0.39, 0.29) is 0 Å². The normalized spacial score (nSPS) is 14.0. The van der Waals surface area contributed by atoms with Gasteiger partial charge in [-0.05, 0) is 95.9 Å². The molecule has 0 saturated carbocycles. The van der Waals surface area contributed by atoms with E-state index in [4.69, 9.17) is 13.9 Å². The average molecular weight is 619 g/mol. The summed E-state index contributed by atoms with van der Waals surface area (Å²) in [5.74, 6) is 2.68. The smallest absolute Gasteiger partial charge is 0.233 e. The van der Waals surface area contributed by atoms with Gasteiger partial charge >= 0.3 is 0 Å². The van der Waals surface area contributed by atoms with Crippen LogP contribution in [0.3, 0.4) is 0 Å².